The van der Waals surface area contributed by atoms with E-state index in [1.807, 2.05) is 19.9 Å². The van der Waals surface area contributed by atoms with Gasteiger partial charge in [0.15, 0.2) is 0 Å². The van der Waals surface area contributed by atoms with E-state index < -0.39 is 12.3 Å². The van der Waals surface area contributed by atoms with Gasteiger partial charge in [0.05, 0.1) is 6.04 Å². The Morgan fingerprint density at radius 3 is 3.00 bits per heavy atom. The molecular formula is C14H18N2O3. The smallest absolute Gasteiger partial charge is 0.241 e. The molecule has 1 heterocycles. The van der Waals surface area contributed by atoms with Crippen molar-refractivity contribution in [2.24, 2.45) is 5.73 Å². The van der Waals surface area contributed by atoms with E-state index >= 15 is 0 Å². The lowest BCUT2D eigenvalue weighted by atomic mass is 10.0. The van der Waals surface area contributed by atoms with Gasteiger partial charge in [-0.15, -0.1) is 0 Å². The quantitative estimate of drug-likeness (QED) is 0.770. The van der Waals surface area contributed by atoms with Crippen LogP contribution in [0.15, 0.2) is 24.3 Å². The summed E-state index contributed by atoms with van der Waals surface area (Å²) < 4.78 is 5.31. The van der Waals surface area contributed by atoms with Crippen molar-refractivity contribution in [2.45, 2.75) is 32.6 Å². The number of aliphatic hydroxyl groups excluding tert-OH is 1. The summed E-state index contributed by atoms with van der Waals surface area (Å²) in [5.41, 5.74) is 8.11. The van der Waals surface area contributed by atoms with Gasteiger partial charge in [-0.2, -0.15) is 0 Å². The van der Waals surface area contributed by atoms with E-state index in [1.165, 1.54) is 0 Å². The summed E-state index contributed by atoms with van der Waals surface area (Å²) >= 11 is 0. The summed E-state index contributed by atoms with van der Waals surface area (Å²) in [6.45, 7) is 3.75. The van der Waals surface area contributed by atoms with Crippen molar-refractivity contribution in [3.8, 4) is 5.75 Å². The third kappa shape index (κ3) is 2.94. The minimum absolute atomic E-state index is 0.230. The number of benzene rings is 1. The van der Waals surface area contributed by atoms with Crippen LogP contribution in [0.4, 0.5) is 5.69 Å². The molecule has 5 nitrogen and oxygen atoms in total. The normalized spacial score (nSPS) is 18.9. The van der Waals surface area contributed by atoms with Crippen LogP contribution in [0.3, 0.4) is 0 Å². The lowest BCUT2D eigenvalue weighted by molar-refractivity contribution is -0.117. The van der Waals surface area contributed by atoms with Gasteiger partial charge in [-0.3, -0.25) is 4.79 Å². The molecule has 0 radical (unpaired) electrons. The van der Waals surface area contributed by atoms with Gasteiger partial charge in [0.1, 0.15) is 5.75 Å². The molecule has 0 bridgehead atoms. The van der Waals surface area contributed by atoms with Crippen molar-refractivity contribution in [3.05, 3.63) is 29.8 Å². The summed E-state index contributed by atoms with van der Waals surface area (Å²) in [5.74, 6) is 0.321. The molecule has 1 aromatic rings. The maximum absolute atomic E-state index is 11.7. The Morgan fingerprint density at radius 2 is 2.32 bits per heavy atom. The molecular weight excluding hydrogens is 244 g/mol. The average Bonchev–Trinajstić information content (AvgIpc) is 2.36. The molecule has 0 saturated carbocycles. The van der Waals surface area contributed by atoms with Crippen LogP contribution in [-0.2, 0) is 4.79 Å². The number of ether oxygens (including phenoxy) is 1. The number of nitrogens with two attached hydrogens (primary N) is 1. The number of nitrogens with one attached hydrogen (secondary N) is 1. The van der Waals surface area contributed by atoms with E-state index in [4.69, 9.17) is 10.5 Å². The Kier molecular flexibility index (Phi) is 3.87. The molecule has 0 aliphatic carbocycles. The molecule has 5 heteroatoms. The molecule has 1 aliphatic heterocycles. The van der Waals surface area contributed by atoms with Crippen molar-refractivity contribution in [2.75, 3.05) is 5.32 Å². The van der Waals surface area contributed by atoms with Crippen LogP contribution < -0.4 is 15.8 Å². The molecule has 2 unspecified atom stereocenters. The topological polar surface area (TPSA) is 84.6 Å². The Hall–Kier alpha value is -1.85. The van der Waals surface area contributed by atoms with Gasteiger partial charge in [0.25, 0.3) is 0 Å². The van der Waals surface area contributed by atoms with Crippen molar-refractivity contribution < 1.29 is 14.6 Å². The molecule has 1 aromatic carbocycles. The van der Waals surface area contributed by atoms with Crippen LogP contribution in [0, 0.1) is 0 Å². The van der Waals surface area contributed by atoms with E-state index in [0.717, 1.165) is 11.1 Å². The van der Waals surface area contributed by atoms with Gasteiger partial charge >= 0.3 is 0 Å². The van der Waals surface area contributed by atoms with E-state index in [9.17, 15) is 9.90 Å². The van der Waals surface area contributed by atoms with Gasteiger partial charge in [-0.25, -0.2) is 0 Å². The number of hydrogen-bond donors (Lipinski definition) is 3. The van der Waals surface area contributed by atoms with Gasteiger partial charge in [0.2, 0.25) is 12.2 Å². The zero-order chi connectivity index (χ0) is 14.0. The minimum atomic E-state index is -0.948. The highest BCUT2D eigenvalue weighted by atomic mass is 16.6. The number of fused-ring (bicyclic) bond motifs is 1. The second kappa shape index (κ2) is 5.42. The number of amides is 1. The maximum atomic E-state index is 11.7. The first-order chi connectivity index (χ1) is 9.01. The number of anilines is 1. The van der Waals surface area contributed by atoms with Crippen LogP contribution in [0.25, 0.3) is 5.57 Å². The zero-order valence-electron chi connectivity index (χ0n) is 11.0. The number of rotatable bonds is 3. The fourth-order valence-electron chi connectivity index (χ4n) is 1.91. The highest BCUT2D eigenvalue weighted by molar-refractivity contribution is 5.95. The Morgan fingerprint density at radius 1 is 1.58 bits per heavy atom. The molecule has 1 amide bonds. The fraction of sp³-hybridized carbons (Fsp3) is 0.357. The molecule has 4 N–H and O–H groups in total. The molecule has 2 atom stereocenters. The number of allylic oxidation sites excluding steroid dienone is 1. The minimum Gasteiger partial charge on any atom is -0.461 e. The second-order valence-corrected chi connectivity index (χ2v) is 4.57. The first kappa shape index (κ1) is 13.6. The van der Waals surface area contributed by atoms with Crippen molar-refractivity contribution in [1.29, 1.82) is 0 Å². The standard InChI is InChI=1S/C14H18N2O3/c1-3-11(15)14(18)16-9-4-5-10-8(2)6-13(17)19-12(10)7-9/h4-7,11,13,17H,3,15H2,1-2H3,(H,16,18). The number of carbonyl (C=O) groups excluding carboxylic acids is 1. The first-order valence-electron chi connectivity index (χ1n) is 6.25. The molecule has 0 fully saturated rings. The monoisotopic (exact) mass is 262 g/mol. The SMILES string of the molecule is CCC(N)C(=O)Nc1ccc2c(c1)OC(O)C=C2C. The van der Waals surface area contributed by atoms with E-state index in [0.29, 0.717) is 17.9 Å². The molecule has 0 spiro atoms. The lowest BCUT2D eigenvalue weighted by Crippen LogP contribution is -2.34. The van der Waals surface area contributed by atoms with Crippen LogP contribution in [-0.4, -0.2) is 23.3 Å². The van der Waals surface area contributed by atoms with Crippen molar-refractivity contribution in [3.63, 3.8) is 0 Å². The number of hydrogen-bond acceptors (Lipinski definition) is 4. The Balaban J connectivity index is 2.20. The number of aliphatic hydroxyl groups is 1. The lowest BCUT2D eigenvalue weighted by Gasteiger charge is -2.21. The summed E-state index contributed by atoms with van der Waals surface area (Å²) in [4.78, 5) is 11.7. The van der Waals surface area contributed by atoms with Gasteiger partial charge in [-0.05, 0) is 37.1 Å². The molecule has 0 saturated heterocycles. The second-order valence-electron chi connectivity index (χ2n) is 4.57. The van der Waals surface area contributed by atoms with Crippen LogP contribution in [0.1, 0.15) is 25.8 Å². The Labute approximate surface area is 112 Å². The molecule has 1 aliphatic rings. The maximum Gasteiger partial charge on any atom is 0.241 e. The summed E-state index contributed by atoms with van der Waals surface area (Å²) in [5, 5.41) is 12.2. The third-order valence-electron chi connectivity index (χ3n) is 3.09. The Bertz CT molecular complexity index is 525. The van der Waals surface area contributed by atoms with Crippen LogP contribution >= 0.6 is 0 Å². The van der Waals surface area contributed by atoms with Gasteiger partial charge in [0, 0.05) is 17.3 Å². The first-order valence-corrected chi connectivity index (χ1v) is 6.25. The highest BCUT2D eigenvalue weighted by Gasteiger charge is 2.18. The zero-order valence-corrected chi connectivity index (χ0v) is 11.0. The summed E-state index contributed by atoms with van der Waals surface area (Å²) in [6, 6.07) is 4.80. The van der Waals surface area contributed by atoms with E-state index in [2.05, 4.69) is 5.32 Å². The highest BCUT2D eigenvalue weighted by Crippen LogP contribution is 2.33. The molecule has 2 rings (SSSR count). The number of carbonyl (C=O) groups is 1. The predicted octanol–water partition coefficient (Wildman–Crippen LogP) is 1.48. The van der Waals surface area contributed by atoms with Crippen molar-refractivity contribution in [1.82, 2.24) is 0 Å². The third-order valence-corrected chi connectivity index (χ3v) is 3.09. The summed E-state index contributed by atoms with van der Waals surface area (Å²) in [6.07, 6.45) is 1.26. The molecule has 102 valence electrons. The van der Waals surface area contributed by atoms with Gasteiger partial charge < -0.3 is 20.9 Å². The summed E-state index contributed by atoms with van der Waals surface area (Å²) in [7, 11) is 0. The average molecular weight is 262 g/mol. The van der Waals surface area contributed by atoms with E-state index in [1.54, 1.807) is 18.2 Å². The van der Waals surface area contributed by atoms with Crippen molar-refractivity contribution >= 4 is 17.2 Å². The fourth-order valence-corrected chi connectivity index (χ4v) is 1.91. The van der Waals surface area contributed by atoms with Crippen LogP contribution in [0.5, 0.6) is 5.75 Å². The van der Waals surface area contributed by atoms with Crippen LogP contribution in [0.2, 0.25) is 0 Å². The van der Waals surface area contributed by atoms with E-state index in [-0.39, 0.29) is 5.91 Å². The molecule has 0 aromatic heterocycles. The largest absolute Gasteiger partial charge is 0.461 e. The predicted molar refractivity (Wildman–Crippen MR) is 73.6 cm³/mol. The van der Waals surface area contributed by atoms with Gasteiger partial charge in [-0.1, -0.05) is 6.92 Å². The molecule has 19 heavy (non-hydrogen) atoms.